The van der Waals surface area contributed by atoms with Crippen LogP contribution in [0.25, 0.3) is 0 Å². The van der Waals surface area contributed by atoms with Crippen molar-refractivity contribution in [2.75, 3.05) is 34.1 Å². The number of likely N-dealkylation sites (N-methyl/N-ethyl adjacent to an activating group) is 1. The largest absolute Gasteiger partial charge is 0.493 e. The van der Waals surface area contributed by atoms with Crippen molar-refractivity contribution in [2.45, 2.75) is 49.0 Å². The highest BCUT2D eigenvalue weighted by molar-refractivity contribution is 7.98. The molecular weight excluding hydrogens is 460 g/mol. The lowest BCUT2D eigenvalue weighted by Gasteiger charge is -2.40. The number of carbonyl (C=O) groups excluding carboxylic acids is 2. The van der Waals surface area contributed by atoms with Crippen molar-refractivity contribution in [3.63, 3.8) is 0 Å². The van der Waals surface area contributed by atoms with Gasteiger partial charge in [0.1, 0.15) is 0 Å². The molecule has 0 spiro atoms. The lowest BCUT2D eigenvalue weighted by atomic mass is 9.79. The van der Waals surface area contributed by atoms with Crippen LogP contribution in [-0.2, 0) is 4.79 Å². The highest BCUT2D eigenvalue weighted by Crippen LogP contribution is 2.45. The molecule has 7 heteroatoms. The van der Waals surface area contributed by atoms with E-state index in [9.17, 15) is 9.59 Å². The minimum Gasteiger partial charge on any atom is -0.493 e. The number of benzene rings is 2. The van der Waals surface area contributed by atoms with E-state index in [1.54, 1.807) is 50.1 Å². The number of nitrogens with zero attached hydrogens (tertiary/aromatic N) is 1. The van der Waals surface area contributed by atoms with E-state index in [0.717, 1.165) is 29.7 Å². The predicted octanol–water partition coefficient (Wildman–Crippen LogP) is 5.34. The quantitative estimate of drug-likeness (QED) is 0.396. The molecule has 186 valence electrons. The molecule has 0 saturated heterocycles. The van der Waals surface area contributed by atoms with Gasteiger partial charge in [-0.15, -0.1) is 11.8 Å². The van der Waals surface area contributed by atoms with Gasteiger partial charge in [0.2, 0.25) is 5.91 Å². The van der Waals surface area contributed by atoms with Gasteiger partial charge in [0.05, 0.1) is 26.2 Å². The average molecular weight is 495 g/mol. The first-order chi connectivity index (χ1) is 17.0. The summed E-state index contributed by atoms with van der Waals surface area (Å²) in [7, 11) is 4.87. The summed E-state index contributed by atoms with van der Waals surface area (Å²) in [5.74, 6) is 0.168. The van der Waals surface area contributed by atoms with Crippen molar-refractivity contribution in [3.8, 4) is 11.5 Å². The molecule has 4 rings (SSSR count). The van der Waals surface area contributed by atoms with Crippen LogP contribution in [0.15, 0.2) is 52.9 Å². The molecule has 0 unspecified atom stereocenters. The Kier molecular flexibility index (Phi) is 8.06. The highest BCUT2D eigenvalue weighted by atomic mass is 32.2. The minimum atomic E-state index is -0.576. The Morgan fingerprint density at radius 1 is 1.11 bits per heavy atom. The summed E-state index contributed by atoms with van der Waals surface area (Å²) in [6, 6.07) is 11.1. The lowest BCUT2D eigenvalue weighted by molar-refractivity contribution is -0.124. The van der Waals surface area contributed by atoms with Gasteiger partial charge in [-0.2, -0.15) is 0 Å². The molecule has 1 N–H and O–H groups in total. The SMILES string of the molecule is COc1cc2c(cc1OC)[C@H](C(=O)NCCC1=CCCCC1)[C@@H](c1ccc(SC)cc1)N(C)C2=O. The second-order valence-electron chi connectivity index (χ2n) is 9.06. The van der Waals surface area contributed by atoms with E-state index in [-0.39, 0.29) is 11.8 Å². The van der Waals surface area contributed by atoms with Crippen LogP contribution < -0.4 is 14.8 Å². The van der Waals surface area contributed by atoms with Crippen LogP contribution in [0.3, 0.4) is 0 Å². The topological polar surface area (TPSA) is 67.9 Å². The third-order valence-electron chi connectivity index (χ3n) is 7.04. The number of carbonyl (C=O) groups is 2. The Bertz CT molecular complexity index is 1110. The monoisotopic (exact) mass is 494 g/mol. The van der Waals surface area contributed by atoms with E-state index >= 15 is 0 Å². The summed E-state index contributed by atoms with van der Waals surface area (Å²) in [5, 5.41) is 3.17. The Labute approximate surface area is 212 Å². The first-order valence-electron chi connectivity index (χ1n) is 12.1. The zero-order valence-corrected chi connectivity index (χ0v) is 21.7. The van der Waals surface area contributed by atoms with Crippen LogP contribution in [-0.4, -0.2) is 50.8 Å². The zero-order chi connectivity index (χ0) is 24.9. The molecule has 0 bridgehead atoms. The number of fused-ring (bicyclic) bond motifs is 1. The molecule has 1 heterocycles. The van der Waals surface area contributed by atoms with Gasteiger partial charge in [-0.05, 0) is 73.8 Å². The molecular formula is C28H34N2O4S. The van der Waals surface area contributed by atoms with Crippen molar-refractivity contribution >= 4 is 23.6 Å². The fourth-order valence-corrected chi connectivity index (χ4v) is 5.55. The molecule has 0 radical (unpaired) electrons. The van der Waals surface area contributed by atoms with Gasteiger partial charge in [0.25, 0.3) is 5.91 Å². The maximum Gasteiger partial charge on any atom is 0.254 e. The van der Waals surface area contributed by atoms with Crippen LogP contribution in [0.1, 0.15) is 65.5 Å². The second-order valence-corrected chi connectivity index (χ2v) is 9.94. The summed E-state index contributed by atoms with van der Waals surface area (Å²) in [6.45, 7) is 0.583. The molecule has 2 aliphatic rings. The molecule has 1 aliphatic heterocycles. The van der Waals surface area contributed by atoms with Crippen molar-refractivity contribution in [2.24, 2.45) is 0 Å². The van der Waals surface area contributed by atoms with E-state index in [0.29, 0.717) is 29.2 Å². The fourth-order valence-electron chi connectivity index (χ4n) is 5.14. The molecule has 2 aromatic rings. The van der Waals surface area contributed by atoms with Crippen LogP contribution in [0.5, 0.6) is 11.5 Å². The first-order valence-corrected chi connectivity index (χ1v) is 13.3. The van der Waals surface area contributed by atoms with E-state index in [1.165, 1.54) is 18.4 Å². The lowest BCUT2D eigenvalue weighted by Crippen LogP contribution is -2.45. The summed E-state index contributed by atoms with van der Waals surface area (Å²) in [5.41, 5.74) is 3.48. The van der Waals surface area contributed by atoms with E-state index in [4.69, 9.17) is 9.47 Å². The first kappa shape index (κ1) is 25.2. The number of rotatable bonds is 8. The number of nitrogens with one attached hydrogen (secondary N) is 1. The van der Waals surface area contributed by atoms with Crippen molar-refractivity contribution < 1.29 is 19.1 Å². The second kappa shape index (κ2) is 11.2. The van der Waals surface area contributed by atoms with Gasteiger partial charge >= 0.3 is 0 Å². The van der Waals surface area contributed by atoms with Gasteiger partial charge in [0.15, 0.2) is 11.5 Å². The van der Waals surface area contributed by atoms with Crippen LogP contribution in [0.4, 0.5) is 0 Å². The molecule has 0 saturated carbocycles. The normalized spacial score (nSPS) is 19.6. The van der Waals surface area contributed by atoms with Crippen LogP contribution >= 0.6 is 11.8 Å². The van der Waals surface area contributed by atoms with Crippen molar-refractivity contribution in [1.29, 1.82) is 0 Å². The number of allylic oxidation sites excluding steroid dienone is 1. The smallest absolute Gasteiger partial charge is 0.254 e. The Balaban J connectivity index is 1.72. The molecule has 0 aromatic heterocycles. The maximum absolute atomic E-state index is 13.8. The summed E-state index contributed by atoms with van der Waals surface area (Å²) in [6.07, 6.45) is 9.90. The number of amides is 2. The van der Waals surface area contributed by atoms with Gasteiger partial charge in [-0.25, -0.2) is 0 Å². The van der Waals surface area contributed by atoms with Gasteiger partial charge < -0.3 is 19.7 Å². The number of hydrogen-bond acceptors (Lipinski definition) is 5. The standard InChI is InChI=1S/C28H34N2O4S/c1-30-26(19-10-12-20(35-4)13-11-19)25(27(31)29-15-14-18-8-6-5-7-9-18)21-16-23(33-2)24(34-3)17-22(21)28(30)32/h8,10-13,16-17,25-26H,5-7,9,14-15H2,1-4H3,(H,29,31)/t25-,26+/m0/s1. The summed E-state index contributed by atoms with van der Waals surface area (Å²) < 4.78 is 11.0. The maximum atomic E-state index is 13.8. The number of hydrogen-bond donors (Lipinski definition) is 1. The van der Waals surface area contributed by atoms with Gasteiger partial charge in [0, 0.05) is 24.1 Å². The molecule has 2 amide bonds. The molecule has 35 heavy (non-hydrogen) atoms. The fraction of sp³-hybridized carbons (Fsp3) is 0.429. The van der Waals surface area contributed by atoms with Crippen LogP contribution in [0.2, 0.25) is 0 Å². The number of thioether (sulfide) groups is 1. The van der Waals surface area contributed by atoms with Gasteiger partial charge in [-0.3, -0.25) is 9.59 Å². The number of methoxy groups -OCH3 is 2. The van der Waals surface area contributed by atoms with E-state index < -0.39 is 12.0 Å². The predicted molar refractivity (Wildman–Crippen MR) is 140 cm³/mol. The third kappa shape index (κ3) is 5.20. The Morgan fingerprint density at radius 2 is 1.83 bits per heavy atom. The van der Waals surface area contributed by atoms with E-state index in [1.807, 2.05) is 30.5 Å². The summed E-state index contributed by atoms with van der Waals surface area (Å²) >= 11 is 1.66. The highest BCUT2D eigenvalue weighted by Gasteiger charge is 2.43. The van der Waals surface area contributed by atoms with E-state index in [2.05, 4.69) is 11.4 Å². The zero-order valence-electron chi connectivity index (χ0n) is 20.9. The van der Waals surface area contributed by atoms with Gasteiger partial charge in [-0.1, -0.05) is 23.8 Å². The molecule has 6 nitrogen and oxygen atoms in total. The Morgan fingerprint density at radius 3 is 2.46 bits per heavy atom. The number of ether oxygens (including phenoxy) is 2. The third-order valence-corrected chi connectivity index (χ3v) is 7.79. The molecule has 0 fully saturated rings. The summed E-state index contributed by atoms with van der Waals surface area (Å²) in [4.78, 5) is 30.0. The Hall–Kier alpha value is -2.93. The molecule has 2 aromatic carbocycles. The average Bonchev–Trinajstić information content (AvgIpc) is 2.90. The minimum absolute atomic E-state index is 0.0897. The molecule has 1 aliphatic carbocycles. The van der Waals surface area contributed by atoms with Crippen LogP contribution in [0, 0.1) is 0 Å². The molecule has 2 atom stereocenters. The van der Waals surface area contributed by atoms with Crippen molar-refractivity contribution in [3.05, 3.63) is 64.7 Å². The van der Waals surface area contributed by atoms with Crippen molar-refractivity contribution in [1.82, 2.24) is 10.2 Å².